The maximum atomic E-state index is 5.04. The molecule has 0 radical (unpaired) electrons. The first-order valence-corrected chi connectivity index (χ1v) is 15.2. The molecule has 0 unspecified atom stereocenters. The minimum atomic E-state index is -3.29. The van der Waals surface area contributed by atoms with Gasteiger partial charge in [-0.25, -0.2) is 0 Å². The van der Waals surface area contributed by atoms with Gasteiger partial charge in [0.25, 0.3) is 0 Å². The zero-order chi connectivity index (χ0) is 4.50. The zero-order valence-corrected chi connectivity index (χ0v) is 8.34. The largest absolute Gasteiger partial charge is 0.870 e. The van der Waals surface area contributed by atoms with Crippen LogP contribution in [0.3, 0.4) is 0 Å². The SMILES string of the molecule is [Cl][Sn]([Cl])([Cl])[Cl].[OH-]. The predicted octanol–water partition coefficient (Wildman–Crippen LogP) is 2.20. The van der Waals surface area contributed by atoms with Gasteiger partial charge in [0.15, 0.2) is 0 Å². The Bertz CT molecular complexity index is 23.0. The Morgan fingerprint density at radius 1 is 0.833 bits per heavy atom. The van der Waals surface area contributed by atoms with Crippen molar-refractivity contribution in [1.29, 1.82) is 0 Å². The molecule has 0 spiro atoms. The van der Waals surface area contributed by atoms with Crippen molar-refractivity contribution >= 4 is 49.6 Å². The molecule has 0 aromatic carbocycles. The molecule has 0 fully saturated rings. The van der Waals surface area contributed by atoms with E-state index in [9.17, 15) is 0 Å². The molecule has 0 rings (SSSR count). The Balaban J connectivity index is 0. The van der Waals surface area contributed by atoms with Crippen molar-refractivity contribution in [3.8, 4) is 0 Å². The summed E-state index contributed by atoms with van der Waals surface area (Å²) < 4.78 is 0. The van der Waals surface area contributed by atoms with Gasteiger partial charge < -0.3 is 5.48 Å². The first-order valence-electron chi connectivity index (χ1n) is 0.756. The van der Waals surface area contributed by atoms with E-state index in [4.69, 9.17) is 35.7 Å². The summed E-state index contributed by atoms with van der Waals surface area (Å²) in [5.74, 6) is 0. The first-order chi connectivity index (χ1) is 2.00. The molecule has 0 aromatic rings. The van der Waals surface area contributed by atoms with E-state index in [0.717, 1.165) is 0 Å². The quantitative estimate of drug-likeness (QED) is 0.624. The third-order valence-electron chi connectivity index (χ3n) is 0. The normalized spacial score (nSPS) is 10.0. The van der Waals surface area contributed by atoms with Crippen LogP contribution in [0, 0.1) is 0 Å². The van der Waals surface area contributed by atoms with Crippen LogP contribution in [0.5, 0.6) is 0 Å². The molecule has 0 aliphatic rings. The van der Waals surface area contributed by atoms with Crippen LogP contribution >= 0.6 is 35.7 Å². The van der Waals surface area contributed by atoms with Gasteiger partial charge in [0.05, 0.1) is 0 Å². The Morgan fingerprint density at radius 3 is 0.833 bits per heavy atom. The average molecular weight is 278 g/mol. The van der Waals surface area contributed by atoms with E-state index >= 15 is 0 Å². The van der Waals surface area contributed by atoms with Gasteiger partial charge in [0.1, 0.15) is 0 Å². The fourth-order valence-electron chi connectivity index (χ4n) is 0. The third-order valence-corrected chi connectivity index (χ3v) is 0. The molecule has 6 heteroatoms. The molecule has 0 saturated heterocycles. The van der Waals surface area contributed by atoms with Crippen LogP contribution in [0.2, 0.25) is 0 Å². The first kappa shape index (κ1) is 10.8. The van der Waals surface area contributed by atoms with Gasteiger partial charge in [0.2, 0.25) is 0 Å². The van der Waals surface area contributed by atoms with Crippen molar-refractivity contribution < 1.29 is 5.48 Å². The average Bonchev–Trinajstić information content (AvgIpc) is 0.722. The molecule has 0 bridgehead atoms. The van der Waals surface area contributed by atoms with E-state index in [1.54, 1.807) is 0 Å². The van der Waals surface area contributed by atoms with Crippen LogP contribution in [0.15, 0.2) is 0 Å². The summed E-state index contributed by atoms with van der Waals surface area (Å²) in [4.78, 5) is 0. The van der Waals surface area contributed by atoms with Crippen LogP contribution in [0.25, 0.3) is 0 Å². The molecule has 1 N–H and O–H groups in total. The molecule has 6 heavy (non-hydrogen) atoms. The molecule has 0 amide bonds. The molecule has 1 nitrogen and oxygen atoms in total. The number of halogens is 4. The van der Waals surface area contributed by atoms with Crippen molar-refractivity contribution in [1.82, 2.24) is 0 Å². The predicted molar refractivity (Wildman–Crippen MR) is 31.1 cm³/mol. The van der Waals surface area contributed by atoms with Crippen molar-refractivity contribution in [3.63, 3.8) is 0 Å². The van der Waals surface area contributed by atoms with Gasteiger partial charge in [-0.15, -0.1) is 0 Å². The molecule has 0 atom stereocenters. The maximum absolute atomic E-state index is 5.04. The van der Waals surface area contributed by atoms with Gasteiger partial charge in [-0.1, -0.05) is 0 Å². The van der Waals surface area contributed by atoms with Gasteiger partial charge >= 0.3 is 49.6 Å². The molecule has 0 saturated carbocycles. The van der Waals surface area contributed by atoms with Crippen LogP contribution in [0.1, 0.15) is 0 Å². The second-order valence-electron chi connectivity index (χ2n) is 0.429. The summed E-state index contributed by atoms with van der Waals surface area (Å²) in [6.45, 7) is 0. The number of rotatable bonds is 0. The summed E-state index contributed by atoms with van der Waals surface area (Å²) in [6.07, 6.45) is 0. The van der Waals surface area contributed by atoms with Crippen LogP contribution in [0.4, 0.5) is 0 Å². The van der Waals surface area contributed by atoms with Crippen molar-refractivity contribution in [3.05, 3.63) is 0 Å². The standard InChI is InChI=1S/4ClH.H2O.Sn/h4*1H;1H2;/q;;;;;+4/p-5. The van der Waals surface area contributed by atoms with Gasteiger partial charge in [-0.3, -0.25) is 0 Å². The van der Waals surface area contributed by atoms with Crippen LogP contribution in [-0.2, 0) is 0 Å². The summed E-state index contributed by atoms with van der Waals surface area (Å²) in [5.41, 5.74) is 0. The van der Waals surface area contributed by atoms with E-state index in [1.807, 2.05) is 0 Å². The Kier molecular flexibility index (Phi) is 6.97. The van der Waals surface area contributed by atoms with E-state index in [-0.39, 0.29) is 5.48 Å². The van der Waals surface area contributed by atoms with Gasteiger partial charge in [-0.2, -0.15) is 0 Å². The molecule has 0 aliphatic heterocycles. The molecular weight excluding hydrogens is 277 g/mol. The number of hydrogen-bond acceptors (Lipinski definition) is 1. The van der Waals surface area contributed by atoms with Crippen molar-refractivity contribution in [2.75, 3.05) is 0 Å². The smallest absolute Gasteiger partial charge is 0.870 e. The molecule has 40 valence electrons. The second kappa shape index (κ2) is 3.87. The summed E-state index contributed by atoms with van der Waals surface area (Å²) in [6, 6.07) is 0. The van der Waals surface area contributed by atoms with E-state index < -0.39 is 13.9 Å². The van der Waals surface area contributed by atoms with Gasteiger partial charge in [0, 0.05) is 0 Å². The van der Waals surface area contributed by atoms with Crippen molar-refractivity contribution in [2.24, 2.45) is 0 Å². The number of hydrogen-bond donors (Lipinski definition) is 0. The zero-order valence-electron chi connectivity index (χ0n) is 2.46. The Labute approximate surface area is 54.6 Å². The summed E-state index contributed by atoms with van der Waals surface area (Å²) >= 11 is -3.29. The van der Waals surface area contributed by atoms with Crippen molar-refractivity contribution in [2.45, 2.75) is 0 Å². The van der Waals surface area contributed by atoms with E-state index in [2.05, 4.69) is 0 Å². The Morgan fingerprint density at radius 2 is 0.833 bits per heavy atom. The fraction of sp³-hybridized carbons (Fsp3) is 0. The molecular formula is HCl4OSn-. The monoisotopic (exact) mass is 277 g/mol. The fourth-order valence-corrected chi connectivity index (χ4v) is 0. The topological polar surface area (TPSA) is 30.0 Å². The third kappa shape index (κ3) is 38.9. The Hall–Kier alpha value is 1.92. The summed E-state index contributed by atoms with van der Waals surface area (Å²) in [7, 11) is 20.1. The molecule has 0 aliphatic carbocycles. The summed E-state index contributed by atoms with van der Waals surface area (Å²) in [5, 5.41) is 0. The van der Waals surface area contributed by atoms with E-state index in [0.29, 0.717) is 0 Å². The maximum Gasteiger partial charge on any atom is -0.870 e. The van der Waals surface area contributed by atoms with Crippen LogP contribution < -0.4 is 0 Å². The molecule has 0 heterocycles. The van der Waals surface area contributed by atoms with Gasteiger partial charge in [-0.05, 0) is 0 Å². The van der Waals surface area contributed by atoms with Crippen LogP contribution in [-0.4, -0.2) is 19.3 Å². The minimum Gasteiger partial charge on any atom is -0.870 e. The minimum absolute atomic E-state index is 0. The second-order valence-corrected chi connectivity index (χ2v) is 25.9. The van der Waals surface area contributed by atoms with E-state index in [1.165, 1.54) is 0 Å². The molecule has 0 aromatic heterocycles.